The molecule has 0 amide bonds. The molecule has 0 radical (unpaired) electrons. The van der Waals surface area contributed by atoms with Crippen LogP contribution in [0.5, 0.6) is 0 Å². The first kappa shape index (κ1) is 18.2. The van der Waals surface area contributed by atoms with E-state index >= 15 is 0 Å². The predicted molar refractivity (Wildman–Crippen MR) is 104 cm³/mol. The quantitative estimate of drug-likeness (QED) is 0.359. The number of anilines is 1. The van der Waals surface area contributed by atoms with E-state index in [-0.39, 0.29) is 17.3 Å². The molecule has 1 atom stereocenters. The molecule has 2 aromatic carbocycles. The largest absolute Gasteiger partial charge is 0.301 e. The van der Waals surface area contributed by atoms with E-state index < -0.39 is 15.5 Å². The molecule has 0 saturated carbocycles. The second kappa shape index (κ2) is 8.19. The Morgan fingerprint density at radius 1 is 1.00 bits per heavy atom. The molecule has 1 aromatic heterocycles. The maximum Gasteiger partial charge on any atom is 0.301 e. The molecule has 0 aliphatic rings. The molecule has 1 heterocycles. The lowest BCUT2D eigenvalue weighted by Crippen LogP contribution is -2.04. The summed E-state index contributed by atoms with van der Waals surface area (Å²) in [6, 6.07) is 15.1. The fraction of sp³-hybridized carbons (Fsp3) is 0.0556. The third-order valence-corrected chi connectivity index (χ3v) is 4.56. The number of nitrogens with one attached hydrogen (secondary N) is 1. The Morgan fingerprint density at radius 2 is 1.78 bits per heavy atom. The number of nitrogens with zero attached hydrogens (tertiary/aromatic N) is 3. The first-order chi connectivity index (χ1) is 13.1. The second-order valence-corrected chi connectivity index (χ2v) is 6.33. The number of hydrogen-bond donors (Lipinski definition) is 1. The van der Waals surface area contributed by atoms with Gasteiger partial charge in [0.1, 0.15) is 5.69 Å². The summed E-state index contributed by atoms with van der Waals surface area (Å²) in [5, 5.41) is 30.1. The summed E-state index contributed by atoms with van der Waals surface area (Å²) in [7, 11) is 0. The van der Waals surface area contributed by atoms with Crippen molar-refractivity contribution in [1.29, 1.82) is 0 Å². The van der Waals surface area contributed by atoms with Gasteiger partial charge < -0.3 is 0 Å². The average molecular weight is 382 g/mol. The van der Waals surface area contributed by atoms with E-state index in [0.717, 1.165) is 17.2 Å². The van der Waals surface area contributed by atoms with Gasteiger partial charge in [0.2, 0.25) is 0 Å². The number of benzene rings is 2. The van der Waals surface area contributed by atoms with Crippen molar-refractivity contribution in [3.63, 3.8) is 0 Å². The predicted octanol–water partition coefficient (Wildman–Crippen LogP) is 4.79. The molecule has 8 nitrogen and oxygen atoms in total. The topological polar surface area (TPSA) is 111 Å². The van der Waals surface area contributed by atoms with Crippen LogP contribution in [0.15, 0.2) is 70.5 Å². The first-order valence-electron chi connectivity index (χ1n) is 7.85. The molecule has 0 bridgehead atoms. The maximum atomic E-state index is 11.2. The lowest BCUT2D eigenvalue weighted by molar-refractivity contribution is -0.393. The van der Waals surface area contributed by atoms with Gasteiger partial charge in [-0.1, -0.05) is 30.3 Å². The molecule has 0 aliphatic heterocycles. The Morgan fingerprint density at radius 3 is 2.41 bits per heavy atom. The molecule has 9 heteroatoms. The third kappa shape index (κ3) is 4.33. The number of rotatable bonds is 7. The smallest absolute Gasteiger partial charge is 0.272 e. The molecule has 1 N–H and O–H groups in total. The molecular weight excluding hydrogens is 368 g/mol. The lowest BCUT2D eigenvalue weighted by Gasteiger charge is -2.11. The summed E-state index contributed by atoms with van der Waals surface area (Å²) >= 11 is 1.57. The highest BCUT2D eigenvalue weighted by Gasteiger charge is 2.19. The maximum absolute atomic E-state index is 11.2. The van der Waals surface area contributed by atoms with Crippen LogP contribution in [0.4, 0.5) is 17.1 Å². The van der Waals surface area contributed by atoms with Crippen molar-refractivity contribution in [2.24, 2.45) is 5.10 Å². The van der Waals surface area contributed by atoms with Gasteiger partial charge in [-0.25, -0.2) is 0 Å². The Labute approximate surface area is 158 Å². The zero-order valence-electron chi connectivity index (χ0n) is 13.9. The van der Waals surface area contributed by atoms with Gasteiger partial charge in [-0.2, -0.15) is 16.4 Å². The standard InChI is InChI=1S/C18H14N4O4S/c23-21(24)15-6-7-17(18(10-15)22(25)26)20-19-11-16(14-8-9-27-12-14)13-4-2-1-3-5-13/h1-12,16,20H. The van der Waals surface area contributed by atoms with Gasteiger partial charge in [0.15, 0.2) is 0 Å². The van der Waals surface area contributed by atoms with Crippen LogP contribution in [-0.4, -0.2) is 16.1 Å². The van der Waals surface area contributed by atoms with Gasteiger partial charge >= 0.3 is 5.69 Å². The SMILES string of the molecule is O=[N+]([O-])c1ccc(NN=CC(c2ccccc2)c2ccsc2)c([N+](=O)[O-])c1. The van der Waals surface area contributed by atoms with E-state index in [1.54, 1.807) is 17.6 Å². The Balaban J connectivity index is 1.87. The van der Waals surface area contributed by atoms with Crippen molar-refractivity contribution in [2.75, 3.05) is 5.43 Å². The van der Waals surface area contributed by atoms with E-state index in [9.17, 15) is 20.2 Å². The van der Waals surface area contributed by atoms with Gasteiger partial charge in [-0.15, -0.1) is 0 Å². The van der Waals surface area contributed by atoms with Crippen molar-refractivity contribution in [2.45, 2.75) is 5.92 Å². The van der Waals surface area contributed by atoms with Crippen molar-refractivity contribution >= 4 is 34.6 Å². The molecular formula is C18H14N4O4S. The number of hydrazone groups is 1. The highest BCUT2D eigenvalue weighted by molar-refractivity contribution is 7.08. The minimum absolute atomic E-state index is 0.0824. The molecule has 1 unspecified atom stereocenters. The fourth-order valence-electron chi connectivity index (χ4n) is 2.54. The monoisotopic (exact) mass is 382 g/mol. The number of hydrogen-bond acceptors (Lipinski definition) is 7. The zero-order valence-corrected chi connectivity index (χ0v) is 14.7. The summed E-state index contributed by atoms with van der Waals surface area (Å²) in [4.78, 5) is 20.6. The van der Waals surface area contributed by atoms with Gasteiger partial charge in [0.05, 0.1) is 15.9 Å². The highest BCUT2D eigenvalue weighted by atomic mass is 32.1. The second-order valence-electron chi connectivity index (χ2n) is 5.55. The first-order valence-corrected chi connectivity index (χ1v) is 8.79. The summed E-state index contributed by atoms with van der Waals surface area (Å²) < 4.78 is 0. The molecule has 0 spiro atoms. The van der Waals surface area contributed by atoms with Crippen molar-refractivity contribution < 1.29 is 9.85 Å². The molecule has 0 aliphatic carbocycles. The minimum Gasteiger partial charge on any atom is -0.272 e. The van der Waals surface area contributed by atoms with Crippen LogP contribution in [0.3, 0.4) is 0 Å². The summed E-state index contributed by atoms with van der Waals surface area (Å²) in [5.74, 6) is -0.123. The van der Waals surface area contributed by atoms with Gasteiger partial charge in [-0.05, 0) is 34.0 Å². The van der Waals surface area contributed by atoms with E-state index in [1.807, 2.05) is 47.2 Å². The van der Waals surface area contributed by atoms with Crippen molar-refractivity contribution in [1.82, 2.24) is 0 Å². The molecule has 136 valence electrons. The van der Waals surface area contributed by atoms with Crippen LogP contribution in [0.1, 0.15) is 17.0 Å². The van der Waals surface area contributed by atoms with E-state index in [2.05, 4.69) is 10.5 Å². The van der Waals surface area contributed by atoms with Gasteiger partial charge in [0.25, 0.3) is 5.69 Å². The Bertz CT molecular complexity index is 974. The number of non-ortho nitro benzene ring substituents is 1. The van der Waals surface area contributed by atoms with E-state index in [0.29, 0.717) is 0 Å². The minimum atomic E-state index is -0.682. The zero-order chi connectivity index (χ0) is 19.2. The van der Waals surface area contributed by atoms with Gasteiger partial charge in [-0.3, -0.25) is 25.7 Å². The molecule has 27 heavy (non-hydrogen) atoms. The van der Waals surface area contributed by atoms with Gasteiger partial charge in [0, 0.05) is 18.2 Å². The third-order valence-electron chi connectivity index (χ3n) is 3.86. The molecule has 3 aromatic rings. The number of thiophene rings is 1. The average Bonchev–Trinajstić information content (AvgIpc) is 3.20. The number of nitro benzene ring substituents is 2. The van der Waals surface area contributed by atoms with Crippen LogP contribution in [0.2, 0.25) is 0 Å². The summed E-state index contributed by atoms with van der Waals surface area (Å²) in [5.41, 5.74) is 4.03. The Hall–Kier alpha value is -3.59. The van der Waals surface area contributed by atoms with Crippen LogP contribution >= 0.6 is 11.3 Å². The highest BCUT2D eigenvalue weighted by Crippen LogP contribution is 2.29. The van der Waals surface area contributed by atoms with E-state index in [4.69, 9.17) is 0 Å². The van der Waals surface area contributed by atoms with Crippen LogP contribution < -0.4 is 5.43 Å². The molecule has 0 fully saturated rings. The van der Waals surface area contributed by atoms with Crippen molar-refractivity contribution in [3.05, 3.63) is 96.7 Å². The van der Waals surface area contributed by atoms with Crippen molar-refractivity contribution in [3.8, 4) is 0 Å². The number of nitro groups is 2. The molecule has 3 rings (SSSR count). The van der Waals surface area contributed by atoms with Crippen LogP contribution in [0.25, 0.3) is 0 Å². The molecule has 0 saturated heterocycles. The van der Waals surface area contributed by atoms with E-state index in [1.165, 1.54) is 12.1 Å². The summed E-state index contributed by atoms with van der Waals surface area (Å²) in [6.07, 6.45) is 1.66. The summed E-state index contributed by atoms with van der Waals surface area (Å²) in [6.45, 7) is 0. The fourth-order valence-corrected chi connectivity index (χ4v) is 3.23. The Kier molecular flexibility index (Phi) is 5.53. The lowest BCUT2D eigenvalue weighted by atomic mass is 9.95. The van der Waals surface area contributed by atoms with Crippen LogP contribution in [-0.2, 0) is 0 Å². The normalized spacial score (nSPS) is 12.0. The van der Waals surface area contributed by atoms with Crippen LogP contribution in [0, 0.1) is 20.2 Å².